The number of phosphoric acid groups is 1. The summed E-state index contributed by atoms with van der Waals surface area (Å²) in [6.45, 7) is 10.8. The summed E-state index contributed by atoms with van der Waals surface area (Å²) in [6.07, 6.45) is 13.0. The third-order valence-corrected chi connectivity index (χ3v) is 4.15. The fourth-order valence-corrected chi connectivity index (χ4v) is 2.84. The highest BCUT2D eigenvalue weighted by molar-refractivity contribution is 7.45. The Morgan fingerprint density at radius 3 is 2.12 bits per heavy atom. The van der Waals surface area contributed by atoms with Crippen molar-refractivity contribution in [1.29, 1.82) is 0 Å². The van der Waals surface area contributed by atoms with Gasteiger partial charge in [-0.05, 0) is 32.1 Å². The van der Waals surface area contributed by atoms with Crippen molar-refractivity contribution in [2.24, 2.45) is 0 Å². The zero-order valence-electron chi connectivity index (χ0n) is 15.8. The van der Waals surface area contributed by atoms with Crippen LogP contribution >= 0.6 is 7.82 Å². The molecule has 0 aromatic carbocycles. The predicted octanol–water partition coefficient (Wildman–Crippen LogP) is 3.68. The smallest absolute Gasteiger partial charge is 0.267 e. The molecule has 24 heavy (non-hydrogen) atoms. The highest BCUT2D eigenvalue weighted by Crippen LogP contribution is 2.38. The number of nitrogens with zero attached hydrogens (tertiary/aromatic N) is 2. The summed E-state index contributed by atoms with van der Waals surface area (Å²) in [5.41, 5.74) is 0. The van der Waals surface area contributed by atoms with Crippen LogP contribution < -0.4 is 9.46 Å². The average Bonchev–Trinajstić information content (AvgIpc) is 3.00. The van der Waals surface area contributed by atoms with Crippen LogP contribution in [-0.2, 0) is 26.7 Å². The highest BCUT2D eigenvalue weighted by atomic mass is 31.2. The molecule has 0 radical (unpaired) electrons. The molecule has 0 aliphatic rings. The van der Waals surface area contributed by atoms with Gasteiger partial charge in [0.25, 0.3) is 7.82 Å². The quantitative estimate of drug-likeness (QED) is 0.323. The first-order valence-corrected chi connectivity index (χ1v) is 10.6. The van der Waals surface area contributed by atoms with E-state index in [4.69, 9.17) is 0 Å². The molecule has 142 valence electrons. The number of aryl methyl sites for hydroxylation is 2. The van der Waals surface area contributed by atoms with Crippen LogP contribution in [0, 0.1) is 0 Å². The van der Waals surface area contributed by atoms with Gasteiger partial charge in [-0.15, -0.1) is 0 Å². The molecule has 0 amide bonds. The van der Waals surface area contributed by atoms with E-state index in [1.165, 1.54) is 32.2 Å². The van der Waals surface area contributed by atoms with E-state index in [0.717, 1.165) is 6.54 Å². The van der Waals surface area contributed by atoms with Gasteiger partial charge in [0.15, 0.2) is 0 Å². The molecule has 0 bridgehead atoms. The lowest BCUT2D eigenvalue weighted by molar-refractivity contribution is -0.696. The molecule has 1 rings (SSSR count). The molecule has 6 nitrogen and oxygen atoms in total. The maximum absolute atomic E-state index is 10.7. The highest BCUT2D eigenvalue weighted by Gasteiger charge is 2.06. The number of aromatic nitrogens is 2. The largest absolute Gasteiger partial charge is 0.756 e. The van der Waals surface area contributed by atoms with Crippen LogP contribution in [0.2, 0.25) is 0 Å². The summed E-state index contributed by atoms with van der Waals surface area (Å²) >= 11 is 0. The lowest BCUT2D eigenvalue weighted by Crippen LogP contribution is -2.30. The number of phosphoric ester groups is 1. The van der Waals surface area contributed by atoms with Crippen molar-refractivity contribution in [1.82, 2.24) is 4.57 Å². The topological polar surface area (TPSA) is 67.4 Å². The minimum atomic E-state index is -3.98. The van der Waals surface area contributed by atoms with Crippen molar-refractivity contribution in [2.75, 3.05) is 13.2 Å². The molecular formula is C17H35N2O4P. The third kappa shape index (κ3) is 12.7. The molecule has 7 heteroatoms. The molecule has 0 unspecified atom stereocenters. The van der Waals surface area contributed by atoms with E-state index < -0.39 is 7.82 Å². The lowest BCUT2D eigenvalue weighted by Gasteiger charge is -2.21. The Labute approximate surface area is 147 Å². The van der Waals surface area contributed by atoms with Crippen LogP contribution in [0.5, 0.6) is 0 Å². The van der Waals surface area contributed by atoms with Crippen molar-refractivity contribution < 1.29 is 23.1 Å². The molecule has 0 saturated heterocycles. The average molecular weight is 362 g/mol. The van der Waals surface area contributed by atoms with E-state index in [9.17, 15) is 9.46 Å². The molecule has 1 aromatic heterocycles. The number of hydrogen-bond donors (Lipinski definition) is 0. The lowest BCUT2D eigenvalue weighted by atomic mass is 10.2. The van der Waals surface area contributed by atoms with Gasteiger partial charge < -0.3 is 13.9 Å². The van der Waals surface area contributed by atoms with Crippen molar-refractivity contribution in [2.45, 2.75) is 79.3 Å². The SMILES string of the molecule is CCCCCn1cc[n+](CCC)c1.CCCOP(=O)([O-])OCCC. The molecule has 0 aliphatic heterocycles. The molecule has 1 heterocycles. The molecule has 0 aliphatic carbocycles. The number of hydrogen-bond acceptors (Lipinski definition) is 4. The van der Waals surface area contributed by atoms with Crippen molar-refractivity contribution in [3.63, 3.8) is 0 Å². The fourth-order valence-electron chi connectivity index (χ4n) is 1.95. The third-order valence-electron chi connectivity index (χ3n) is 3.15. The van der Waals surface area contributed by atoms with Gasteiger partial charge >= 0.3 is 0 Å². The minimum Gasteiger partial charge on any atom is -0.756 e. The van der Waals surface area contributed by atoms with E-state index in [2.05, 4.69) is 50.8 Å². The standard InChI is InChI=1S/C11H21N2.C6H15O4P/c1-3-5-6-8-13-10-9-12(11-13)7-4-2;1-3-5-9-11(7,8)10-6-4-2/h9-11H,3-8H2,1-2H3;3-6H2,1-2H3,(H,7,8)/q+1;/p-1. The normalized spacial score (nSPS) is 11.2. The Morgan fingerprint density at radius 1 is 1.00 bits per heavy atom. The Kier molecular flexibility index (Phi) is 14.2. The van der Waals surface area contributed by atoms with Gasteiger partial charge in [-0.2, -0.15) is 0 Å². The van der Waals surface area contributed by atoms with Crippen molar-refractivity contribution in [3.8, 4) is 0 Å². The first-order valence-electron chi connectivity index (χ1n) is 9.13. The number of imidazole rings is 1. The summed E-state index contributed by atoms with van der Waals surface area (Å²) in [5, 5.41) is 0. The number of unbranched alkanes of at least 4 members (excludes halogenated alkanes) is 2. The van der Waals surface area contributed by atoms with Gasteiger partial charge in [0.1, 0.15) is 12.4 Å². The molecule has 0 spiro atoms. The summed E-state index contributed by atoms with van der Waals surface area (Å²) in [4.78, 5) is 10.7. The Morgan fingerprint density at radius 2 is 1.62 bits per heavy atom. The van der Waals surface area contributed by atoms with Gasteiger partial charge in [-0.25, -0.2) is 9.13 Å². The van der Waals surface area contributed by atoms with Crippen LogP contribution in [0.25, 0.3) is 0 Å². The zero-order chi connectivity index (χ0) is 18.3. The van der Waals surface area contributed by atoms with Gasteiger partial charge in [-0.3, -0.25) is 4.57 Å². The zero-order valence-corrected chi connectivity index (χ0v) is 16.7. The summed E-state index contributed by atoms with van der Waals surface area (Å²) < 4.78 is 24.2. The second-order valence-electron chi connectivity index (χ2n) is 5.71. The predicted molar refractivity (Wildman–Crippen MR) is 94.5 cm³/mol. The van der Waals surface area contributed by atoms with Gasteiger partial charge in [0.05, 0.1) is 26.3 Å². The molecule has 0 fully saturated rings. The first-order chi connectivity index (χ1) is 11.5. The fraction of sp³-hybridized carbons (Fsp3) is 0.824. The van der Waals surface area contributed by atoms with Crippen molar-refractivity contribution >= 4 is 7.82 Å². The first kappa shape index (κ1) is 23.3. The summed E-state index contributed by atoms with van der Waals surface area (Å²) in [5.74, 6) is 0. The van der Waals surface area contributed by atoms with Crippen molar-refractivity contribution in [3.05, 3.63) is 18.7 Å². The Balaban J connectivity index is 0.000000449. The van der Waals surface area contributed by atoms with Crippen LogP contribution in [-0.4, -0.2) is 17.8 Å². The second-order valence-corrected chi connectivity index (χ2v) is 7.12. The summed E-state index contributed by atoms with van der Waals surface area (Å²) in [7, 11) is -3.98. The van der Waals surface area contributed by atoms with Crippen LogP contribution in [0.1, 0.15) is 66.2 Å². The molecule has 1 aromatic rings. The maximum Gasteiger partial charge on any atom is 0.267 e. The molecule has 0 atom stereocenters. The second kappa shape index (κ2) is 14.6. The van der Waals surface area contributed by atoms with E-state index in [1.807, 2.05) is 13.8 Å². The van der Waals surface area contributed by atoms with Gasteiger partial charge in [0, 0.05) is 0 Å². The Bertz CT molecular complexity index is 440. The Hall–Kier alpha value is -0.680. The molecule has 0 saturated carbocycles. The van der Waals surface area contributed by atoms with E-state index in [1.54, 1.807) is 0 Å². The van der Waals surface area contributed by atoms with Crippen LogP contribution in [0.3, 0.4) is 0 Å². The van der Waals surface area contributed by atoms with Crippen LogP contribution in [0.15, 0.2) is 18.7 Å². The number of rotatable bonds is 12. The van der Waals surface area contributed by atoms with Crippen LogP contribution in [0.4, 0.5) is 0 Å². The molecular weight excluding hydrogens is 327 g/mol. The van der Waals surface area contributed by atoms with Gasteiger partial charge in [0.2, 0.25) is 6.33 Å². The van der Waals surface area contributed by atoms with E-state index in [-0.39, 0.29) is 13.2 Å². The van der Waals surface area contributed by atoms with E-state index >= 15 is 0 Å². The van der Waals surface area contributed by atoms with Gasteiger partial charge in [-0.1, -0.05) is 34.1 Å². The maximum atomic E-state index is 10.7. The monoisotopic (exact) mass is 362 g/mol. The summed E-state index contributed by atoms with van der Waals surface area (Å²) in [6, 6.07) is 0. The molecule has 0 N–H and O–H groups in total. The van der Waals surface area contributed by atoms with E-state index in [0.29, 0.717) is 12.8 Å². The minimum absolute atomic E-state index is 0.199.